The van der Waals surface area contributed by atoms with E-state index in [1.807, 2.05) is 0 Å². The second kappa shape index (κ2) is 1.56. The van der Waals surface area contributed by atoms with Crippen LogP contribution in [0.15, 0.2) is 0 Å². The van der Waals surface area contributed by atoms with Gasteiger partial charge in [0.15, 0.2) is 0 Å². The number of halogens is 1. The number of ketones is 1. The van der Waals surface area contributed by atoms with E-state index in [0.717, 1.165) is 40.3 Å². The molecule has 6 aliphatic rings. The summed E-state index contributed by atoms with van der Waals surface area (Å²) in [7, 11) is 0. The summed E-state index contributed by atoms with van der Waals surface area (Å²) < 4.78 is 0. The van der Waals surface area contributed by atoms with E-state index in [-0.39, 0.29) is 0 Å². The largest absolute Gasteiger partial charge is 0.299 e. The highest BCUT2D eigenvalue weighted by atomic mass is 79.9. The van der Waals surface area contributed by atoms with Crippen LogP contribution in [-0.2, 0) is 4.79 Å². The third-order valence-electron chi connectivity index (χ3n) is 6.01. The Morgan fingerprint density at radius 3 is 2.54 bits per heavy atom. The van der Waals surface area contributed by atoms with E-state index in [2.05, 4.69) is 15.9 Å². The molecule has 0 unspecified atom stereocenters. The molecule has 6 fully saturated rings. The summed E-state index contributed by atoms with van der Waals surface area (Å²) in [5.74, 6) is 6.90. The molecular formula is C11H11BrO. The molecule has 6 saturated carbocycles. The van der Waals surface area contributed by atoms with Crippen molar-refractivity contribution >= 4 is 21.7 Å². The van der Waals surface area contributed by atoms with Crippen molar-refractivity contribution in [2.45, 2.75) is 11.2 Å². The Labute approximate surface area is 85.4 Å². The maximum Gasteiger partial charge on any atom is 0.140 e. The van der Waals surface area contributed by atoms with Gasteiger partial charge >= 0.3 is 0 Å². The summed E-state index contributed by atoms with van der Waals surface area (Å²) in [5, 5.41) is 0. The first-order valence-electron chi connectivity index (χ1n) is 5.48. The van der Waals surface area contributed by atoms with Crippen molar-refractivity contribution in [1.82, 2.24) is 0 Å². The van der Waals surface area contributed by atoms with Crippen molar-refractivity contribution < 1.29 is 4.79 Å². The molecule has 0 aliphatic heterocycles. The summed E-state index contributed by atoms with van der Waals surface area (Å²) in [4.78, 5) is 12.7. The second-order valence-electron chi connectivity index (χ2n) is 5.77. The van der Waals surface area contributed by atoms with E-state index in [4.69, 9.17) is 0 Å². The Morgan fingerprint density at radius 2 is 1.77 bits per heavy atom. The lowest BCUT2D eigenvalue weighted by Gasteiger charge is -2.32. The van der Waals surface area contributed by atoms with E-state index in [9.17, 15) is 4.79 Å². The summed E-state index contributed by atoms with van der Waals surface area (Å²) in [6.45, 7) is 0. The number of hydrogen-bond acceptors (Lipinski definition) is 1. The van der Waals surface area contributed by atoms with Crippen LogP contribution in [0.5, 0.6) is 0 Å². The number of Topliss-reactive ketones (excluding diaryl/α,β-unsaturated/α-hetero) is 1. The smallest absolute Gasteiger partial charge is 0.140 e. The van der Waals surface area contributed by atoms with E-state index in [1.54, 1.807) is 0 Å². The molecule has 6 aliphatic carbocycles. The summed E-state index contributed by atoms with van der Waals surface area (Å²) in [5.41, 5.74) is 0. The van der Waals surface area contributed by atoms with Crippen LogP contribution in [0.3, 0.4) is 0 Å². The molecule has 6 rings (SSSR count). The number of alkyl halides is 1. The van der Waals surface area contributed by atoms with Crippen molar-refractivity contribution in [3.63, 3.8) is 0 Å². The van der Waals surface area contributed by atoms with Gasteiger partial charge in [0.05, 0.1) is 0 Å². The molecule has 0 heterocycles. The Balaban J connectivity index is 1.90. The van der Waals surface area contributed by atoms with Gasteiger partial charge in [-0.1, -0.05) is 15.9 Å². The van der Waals surface area contributed by atoms with Crippen molar-refractivity contribution in [1.29, 1.82) is 0 Å². The molecule has 0 saturated heterocycles. The van der Waals surface area contributed by atoms with E-state index >= 15 is 0 Å². The standard InChI is InChI=1S/C11H11BrO/c12-10-6-2-1-3-4(6)9-8(10)5(2)7(3)11(9)13/h2-10H,1H2/t2-,3+,4-,5-,6-,7-,8-,9+,10+/m0/s1. The summed E-state index contributed by atoms with van der Waals surface area (Å²) in [6, 6.07) is 0. The maximum absolute atomic E-state index is 12.0. The van der Waals surface area contributed by atoms with Gasteiger partial charge in [-0.3, -0.25) is 4.79 Å². The monoisotopic (exact) mass is 238 g/mol. The molecule has 1 nitrogen and oxygen atoms in total. The fourth-order valence-electron chi connectivity index (χ4n) is 6.20. The topological polar surface area (TPSA) is 17.1 Å². The Bertz CT molecular complexity index is 350. The average molecular weight is 239 g/mol. The molecule has 0 spiro atoms. The Morgan fingerprint density at radius 1 is 1.00 bits per heavy atom. The lowest BCUT2D eigenvalue weighted by atomic mass is 9.71. The molecular weight excluding hydrogens is 228 g/mol. The van der Waals surface area contributed by atoms with Crippen molar-refractivity contribution in [3.8, 4) is 0 Å². The number of carbonyl (C=O) groups excluding carboxylic acids is 1. The summed E-state index contributed by atoms with van der Waals surface area (Å²) >= 11 is 3.86. The first-order valence-corrected chi connectivity index (χ1v) is 6.40. The van der Waals surface area contributed by atoms with Gasteiger partial charge in [0, 0.05) is 16.7 Å². The molecule has 0 radical (unpaired) electrons. The lowest BCUT2D eigenvalue weighted by molar-refractivity contribution is -0.122. The van der Waals surface area contributed by atoms with Gasteiger partial charge in [0.25, 0.3) is 0 Å². The minimum Gasteiger partial charge on any atom is -0.299 e. The molecule has 2 heteroatoms. The number of hydrogen-bond donors (Lipinski definition) is 0. The highest BCUT2D eigenvalue weighted by Crippen LogP contribution is 2.82. The minimum absolute atomic E-state index is 0.521. The zero-order valence-corrected chi connectivity index (χ0v) is 8.78. The van der Waals surface area contributed by atoms with E-state index < -0.39 is 0 Å². The zero-order valence-electron chi connectivity index (χ0n) is 7.19. The number of rotatable bonds is 0. The molecule has 0 aromatic carbocycles. The average Bonchev–Trinajstić information content (AvgIpc) is 2.78. The molecule has 0 N–H and O–H groups in total. The summed E-state index contributed by atoms with van der Waals surface area (Å²) in [6.07, 6.45) is 1.41. The van der Waals surface area contributed by atoms with Crippen LogP contribution in [0.1, 0.15) is 6.42 Å². The third kappa shape index (κ3) is 0.397. The lowest BCUT2D eigenvalue weighted by Crippen LogP contribution is -2.30. The molecule has 0 aromatic rings. The Kier molecular flexibility index (Phi) is 0.790. The van der Waals surface area contributed by atoms with Gasteiger partial charge in [-0.05, 0) is 41.9 Å². The van der Waals surface area contributed by atoms with Crippen LogP contribution in [0.25, 0.3) is 0 Å². The third-order valence-corrected chi connectivity index (χ3v) is 7.24. The first kappa shape index (κ1) is 6.60. The fourth-order valence-corrected chi connectivity index (χ4v) is 7.62. The van der Waals surface area contributed by atoms with Gasteiger partial charge in [-0.2, -0.15) is 0 Å². The van der Waals surface area contributed by atoms with Gasteiger partial charge in [-0.15, -0.1) is 0 Å². The van der Waals surface area contributed by atoms with Crippen LogP contribution in [0.4, 0.5) is 0 Å². The van der Waals surface area contributed by atoms with E-state index in [1.165, 1.54) is 6.42 Å². The van der Waals surface area contributed by atoms with Crippen LogP contribution >= 0.6 is 15.9 Å². The first-order chi connectivity index (χ1) is 6.30. The molecule has 13 heavy (non-hydrogen) atoms. The molecule has 9 atom stereocenters. The Hall–Kier alpha value is 0.150. The second-order valence-corrected chi connectivity index (χ2v) is 6.83. The van der Waals surface area contributed by atoms with Crippen LogP contribution < -0.4 is 0 Å². The fraction of sp³-hybridized carbons (Fsp3) is 0.909. The molecule has 0 aromatic heterocycles. The van der Waals surface area contributed by atoms with Gasteiger partial charge in [-0.25, -0.2) is 0 Å². The molecule has 0 amide bonds. The minimum atomic E-state index is 0.521. The highest BCUT2D eigenvalue weighted by molar-refractivity contribution is 9.09. The predicted molar refractivity (Wildman–Crippen MR) is 50.3 cm³/mol. The van der Waals surface area contributed by atoms with Crippen LogP contribution in [-0.4, -0.2) is 10.6 Å². The normalized spacial score (nSPS) is 79.8. The van der Waals surface area contributed by atoms with E-state index in [0.29, 0.717) is 17.6 Å². The molecule has 68 valence electrons. The number of carbonyl (C=O) groups is 1. The van der Waals surface area contributed by atoms with Gasteiger partial charge < -0.3 is 0 Å². The van der Waals surface area contributed by atoms with Crippen molar-refractivity contribution in [2.75, 3.05) is 0 Å². The maximum atomic E-state index is 12.0. The van der Waals surface area contributed by atoms with Crippen LogP contribution in [0.2, 0.25) is 0 Å². The van der Waals surface area contributed by atoms with Gasteiger partial charge in [0.2, 0.25) is 0 Å². The predicted octanol–water partition coefficient (Wildman–Crippen LogP) is 1.71. The SMILES string of the molecule is O=C1[C@H]2[C@H]3[C@H](Br)[C@H]4[C@H]5C[C@@H]([C@H]1[C@H]53)[C@H]24. The molecule has 6 bridgehead atoms. The van der Waals surface area contributed by atoms with Crippen molar-refractivity contribution in [3.05, 3.63) is 0 Å². The van der Waals surface area contributed by atoms with Gasteiger partial charge in [0.1, 0.15) is 5.78 Å². The van der Waals surface area contributed by atoms with Crippen molar-refractivity contribution in [2.24, 2.45) is 47.3 Å². The quantitative estimate of drug-likeness (QED) is 0.588. The highest BCUT2D eigenvalue weighted by Gasteiger charge is 2.83. The zero-order chi connectivity index (χ0) is 8.48. The van der Waals surface area contributed by atoms with Crippen LogP contribution in [0, 0.1) is 47.3 Å².